The van der Waals surface area contributed by atoms with E-state index in [1.54, 1.807) is 36.7 Å². The molecule has 1 aromatic carbocycles. The molecule has 1 aliphatic heterocycles. The molecule has 3 aromatic heterocycles. The second-order valence-electron chi connectivity index (χ2n) is 7.89. The molecule has 1 atom stereocenters. The van der Waals surface area contributed by atoms with Gasteiger partial charge < -0.3 is 14.8 Å². The van der Waals surface area contributed by atoms with Crippen molar-refractivity contribution >= 4 is 11.6 Å². The van der Waals surface area contributed by atoms with E-state index in [1.807, 2.05) is 26.0 Å². The molecule has 0 spiro atoms. The maximum Gasteiger partial charge on any atom is 0.272 e. The monoisotopic (exact) mass is 431 g/mol. The van der Waals surface area contributed by atoms with E-state index in [2.05, 4.69) is 20.4 Å². The first-order valence-electron chi connectivity index (χ1n) is 10.2. The van der Waals surface area contributed by atoms with E-state index < -0.39 is 6.04 Å². The fraction of sp³-hybridized carbons (Fsp3) is 0.217. The minimum atomic E-state index is -0.456. The van der Waals surface area contributed by atoms with Crippen LogP contribution in [0.2, 0.25) is 0 Å². The summed E-state index contributed by atoms with van der Waals surface area (Å²) in [5.41, 5.74) is 2.72. The number of fused-ring (bicyclic) bond motifs is 2. The van der Waals surface area contributed by atoms with Crippen molar-refractivity contribution in [3.63, 3.8) is 0 Å². The predicted molar refractivity (Wildman–Crippen MR) is 117 cm³/mol. The molecule has 0 bridgehead atoms. The van der Waals surface area contributed by atoms with E-state index in [0.29, 0.717) is 28.4 Å². The topological polar surface area (TPSA) is 111 Å². The van der Waals surface area contributed by atoms with Crippen LogP contribution < -0.4 is 20.3 Å². The molecule has 4 aromatic rings. The minimum Gasteiger partial charge on any atom is -0.454 e. The Labute approximate surface area is 183 Å². The van der Waals surface area contributed by atoms with Crippen LogP contribution in [0.4, 0.5) is 0 Å². The maximum absolute atomic E-state index is 12.9. The minimum absolute atomic E-state index is 0.000883. The van der Waals surface area contributed by atoms with E-state index in [0.717, 1.165) is 11.3 Å². The molecule has 9 nitrogen and oxygen atoms in total. The third-order valence-electron chi connectivity index (χ3n) is 5.35. The molecular formula is C23H21N5O4. The predicted octanol–water partition coefficient (Wildman–Crippen LogP) is 2.94. The maximum atomic E-state index is 12.9. The number of hydrogen-bond acceptors (Lipinski definition) is 6. The number of nitrogens with one attached hydrogen (secondary N) is 2. The van der Waals surface area contributed by atoms with Gasteiger partial charge in [0, 0.05) is 35.7 Å². The summed E-state index contributed by atoms with van der Waals surface area (Å²) in [5, 5.41) is 6.06. The molecule has 32 heavy (non-hydrogen) atoms. The average Bonchev–Trinajstić information content (AvgIpc) is 3.44. The van der Waals surface area contributed by atoms with Crippen molar-refractivity contribution in [1.29, 1.82) is 0 Å². The van der Waals surface area contributed by atoms with Gasteiger partial charge in [-0.05, 0) is 36.2 Å². The fourth-order valence-electron chi connectivity index (χ4n) is 3.68. The van der Waals surface area contributed by atoms with Gasteiger partial charge in [-0.15, -0.1) is 0 Å². The first-order valence-corrected chi connectivity index (χ1v) is 10.2. The highest BCUT2D eigenvalue weighted by atomic mass is 16.7. The summed E-state index contributed by atoms with van der Waals surface area (Å²) in [7, 11) is 0. The van der Waals surface area contributed by atoms with Gasteiger partial charge in [-0.2, -0.15) is 0 Å². The normalized spacial score (nSPS) is 13.5. The van der Waals surface area contributed by atoms with E-state index in [4.69, 9.17) is 9.47 Å². The Morgan fingerprint density at radius 3 is 2.78 bits per heavy atom. The lowest BCUT2D eigenvalue weighted by atomic mass is 10.00. The average molecular weight is 431 g/mol. The number of nitrogens with zero attached hydrogens (tertiary/aromatic N) is 3. The van der Waals surface area contributed by atoms with Crippen LogP contribution >= 0.6 is 0 Å². The van der Waals surface area contributed by atoms with Crippen molar-refractivity contribution in [3.05, 3.63) is 76.5 Å². The van der Waals surface area contributed by atoms with Crippen LogP contribution in [0, 0.1) is 5.92 Å². The molecule has 0 saturated heterocycles. The first kappa shape index (κ1) is 19.8. The van der Waals surface area contributed by atoms with E-state index in [9.17, 15) is 9.59 Å². The highest BCUT2D eigenvalue weighted by molar-refractivity contribution is 5.95. The Bertz CT molecular complexity index is 1360. The van der Waals surface area contributed by atoms with Crippen LogP contribution in [-0.2, 0) is 0 Å². The number of rotatable bonds is 5. The second-order valence-corrected chi connectivity index (χ2v) is 7.89. The zero-order valence-electron chi connectivity index (χ0n) is 17.5. The van der Waals surface area contributed by atoms with Crippen LogP contribution in [0.25, 0.3) is 16.9 Å². The lowest BCUT2D eigenvalue weighted by Crippen LogP contribution is -2.33. The van der Waals surface area contributed by atoms with Gasteiger partial charge in [-0.25, -0.2) is 9.50 Å². The third kappa shape index (κ3) is 3.58. The Morgan fingerprint density at radius 2 is 2.00 bits per heavy atom. The molecule has 1 amide bonds. The molecule has 2 N–H and O–H groups in total. The summed E-state index contributed by atoms with van der Waals surface area (Å²) in [6, 6.07) is 11.5. The van der Waals surface area contributed by atoms with Gasteiger partial charge in [0.25, 0.3) is 11.5 Å². The quantitative estimate of drug-likeness (QED) is 0.503. The van der Waals surface area contributed by atoms with Crippen LogP contribution in [0.15, 0.2) is 59.7 Å². The Kier molecular flexibility index (Phi) is 4.85. The summed E-state index contributed by atoms with van der Waals surface area (Å²) in [6.45, 7) is 4.07. The van der Waals surface area contributed by atoms with Gasteiger partial charge >= 0.3 is 0 Å². The first-order chi connectivity index (χ1) is 15.5. The zero-order chi connectivity index (χ0) is 22.2. The van der Waals surface area contributed by atoms with Crippen molar-refractivity contribution in [2.24, 2.45) is 5.92 Å². The molecule has 5 rings (SSSR count). The summed E-state index contributed by atoms with van der Waals surface area (Å²) in [5.74, 6) is 0.860. The number of aromatic nitrogens is 4. The Balaban J connectivity index is 1.47. The molecule has 0 fully saturated rings. The largest absolute Gasteiger partial charge is 0.454 e. The van der Waals surface area contributed by atoms with Crippen LogP contribution in [0.3, 0.4) is 0 Å². The Hall–Kier alpha value is -4.14. The number of H-pyrrole nitrogens is 1. The molecule has 0 unspecified atom stereocenters. The van der Waals surface area contributed by atoms with Gasteiger partial charge in [0.15, 0.2) is 17.1 Å². The van der Waals surface area contributed by atoms with Gasteiger partial charge in [-0.1, -0.05) is 13.8 Å². The van der Waals surface area contributed by atoms with Crippen LogP contribution in [-0.4, -0.2) is 32.3 Å². The van der Waals surface area contributed by atoms with Crippen molar-refractivity contribution in [1.82, 2.24) is 24.9 Å². The molecule has 1 aliphatic rings. The SMILES string of the molecule is CC(C)[C@@H](NC(=O)c1ccc2c(c1)OCO2)c1cc(=O)n2[nH]c(-c3cccnc3)cc2n1. The summed E-state index contributed by atoms with van der Waals surface area (Å²) < 4.78 is 12.0. The second kappa shape index (κ2) is 7.84. The molecule has 0 saturated carbocycles. The summed E-state index contributed by atoms with van der Waals surface area (Å²) >= 11 is 0. The number of benzene rings is 1. The van der Waals surface area contributed by atoms with Gasteiger partial charge in [0.1, 0.15) is 0 Å². The van der Waals surface area contributed by atoms with Crippen molar-refractivity contribution in [2.45, 2.75) is 19.9 Å². The smallest absolute Gasteiger partial charge is 0.272 e. The van der Waals surface area contributed by atoms with Crippen LogP contribution in [0.5, 0.6) is 11.5 Å². The number of hydrogen-bond donors (Lipinski definition) is 2. The Morgan fingerprint density at radius 1 is 1.16 bits per heavy atom. The highest BCUT2D eigenvalue weighted by Gasteiger charge is 2.24. The number of amides is 1. The number of carbonyl (C=O) groups is 1. The zero-order valence-corrected chi connectivity index (χ0v) is 17.5. The lowest BCUT2D eigenvalue weighted by molar-refractivity contribution is 0.0924. The van der Waals surface area contributed by atoms with E-state index in [1.165, 1.54) is 10.6 Å². The van der Waals surface area contributed by atoms with Gasteiger partial charge in [0.2, 0.25) is 6.79 Å². The fourth-order valence-corrected chi connectivity index (χ4v) is 3.68. The van der Waals surface area contributed by atoms with Crippen LogP contribution in [0.1, 0.15) is 35.9 Å². The number of ether oxygens (including phenoxy) is 2. The molecule has 4 heterocycles. The third-order valence-corrected chi connectivity index (χ3v) is 5.35. The molecule has 9 heteroatoms. The number of carbonyl (C=O) groups excluding carboxylic acids is 1. The van der Waals surface area contributed by atoms with Crippen molar-refractivity contribution in [3.8, 4) is 22.8 Å². The molecule has 162 valence electrons. The highest BCUT2D eigenvalue weighted by Crippen LogP contribution is 2.32. The summed E-state index contributed by atoms with van der Waals surface area (Å²) in [4.78, 5) is 34.5. The number of pyridine rings is 1. The standard InChI is InChI=1S/C23H21N5O4/c1-13(2)22(26-23(30)14-5-6-18-19(8-14)32-12-31-18)17-10-21(29)28-20(25-17)9-16(27-28)15-4-3-7-24-11-15/h3-11,13,22,27H,12H2,1-2H3,(H,26,30)/t22-/m1/s1. The summed E-state index contributed by atoms with van der Waals surface area (Å²) in [6.07, 6.45) is 3.39. The van der Waals surface area contributed by atoms with Gasteiger partial charge in [0.05, 0.1) is 17.4 Å². The van der Waals surface area contributed by atoms with Crippen molar-refractivity contribution < 1.29 is 14.3 Å². The molecule has 0 aliphatic carbocycles. The van der Waals surface area contributed by atoms with Crippen molar-refractivity contribution in [2.75, 3.05) is 6.79 Å². The number of aromatic amines is 1. The van der Waals surface area contributed by atoms with Gasteiger partial charge in [-0.3, -0.25) is 19.7 Å². The molecule has 0 radical (unpaired) electrons. The van der Waals surface area contributed by atoms with E-state index in [-0.39, 0.29) is 24.2 Å². The molecular weight excluding hydrogens is 410 g/mol. The lowest BCUT2D eigenvalue weighted by Gasteiger charge is -2.22. The van der Waals surface area contributed by atoms with E-state index >= 15 is 0 Å².